The average molecular weight is 541 g/mol. The van der Waals surface area contributed by atoms with E-state index >= 15 is 0 Å². The molecule has 0 saturated carbocycles. The van der Waals surface area contributed by atoms with Crippen molar-refractivity contribution < 1.29 is 74.6 Å². The van der Waals surface area contributed by atoms with Crippen molar-refractivity contribution in [2.75, 3.05) is 0 Å². The Hall–Kier alpha value is -0.372. The van der Waals surface area contributed by atoms with Gasteiger partial charge in [0.25, 0.3) is 0 Å². The summed E-state index contributed by atoms with van der Waals surface area (Å²) >= 11 is -1.68. The Labute approximate surface area is 144 Å². The molecule has 0 aliphatic rings. The third-order valence-corrected chi connectivity index (χ3v) is 3.51. The molecule has 0 aliphatic heterocycles. The first kappa shape index (κ1) is 25.6. The van der Waals surface area contributed by atoms with Crippen LogP contribution in [-0.2, 0) is 0 Å². The molecule has 26 heavy (non-hydrogen) atoms. The van der Waals surface area contributed by atoms with Gasteiger partial charge in [0.1, 0.15) is 0 Å². The van der Waals surface area contributed by atoms with Gasteiger partial charge in [-0.25, -0.2) is 0 Å². The quantitative estimate of drug-likeness (QED) is 0.324. The zero-order valence-corrected chi connectivity index (χ0v) is 13.4. The molecule has 0 aromatic heterocycles. The average Bonchev–Trinajstić information content (AvgIpc) is 2.34. The van der Waals surface area contributed by atoms with Gasteiger partial charge in [0, 0.05) is 0 Å². The molecule has 2 radical (unpaired) electrons. The van der Waals surface area contributed by atoms with Crippen molar-refractivity contribution in [3.63, 3.8) is 0 Å². The molecule has 0 saturated heterocycles. The van der Waals surface area contributed by atoms with Crippen molar-refractivity contribution in [1.82, 2.24) is 0 Å². The summed E-state index contributed by atoms with van der Waals surface area (Å²) in [5.41, 5.74) is 0. The Balaban J connectivity index is 6.61. The molecule has 0 rings (SSSR count). The zero-order chi connectivity index (χ0) is 22.0. The number of alkyl halides is 17. The Morgan fingerprint density at radius 2 is 0.500 bits per heavy atom. The zero-order valence-electron chi connectivity index (χ0n) is 10.9. The summed E-state index contributed by atoms with van der Waals surface area (Å²) in [5, 5.41) is 0. The van der Waals surface area contributed by atoms with Crippen molar-refractivity contribution in [2.45, 2.75) is 45.6 Å². The normalized spacial score (nSPS) is 16.8. The summed E-state index contributed by atoms with van der Waals surface area (Å²) < 4.78 is 207. The van der Waals surface area contributed by atoms with Crippen molar-refractivity contribution in [2.24, 2.45) is 0 Å². The second-order valence-electron chi connectivity index (χ2n) is 4.49. The first-order valence-electron chi connectivity index (χ1n) is 5.19. The van der Waals surface area contributed by atoms with Gasteiger partial charge < -0.3 is 0 Å². The van der Waals surface area contributed by atoms with Crippen molar-refractivity contribution in [1.29, 1.82) is 0 Å². The molecule has 0 N–H and O–H groups in total. The minimum absolute atomic E-state index is 1.68. The third-order valence-electron chi connectivity index (χ3n) is 2.71. The van der Waals surface area contributed by atoms with Crippen LogP contribution in [0.15, 0.2) is 0 Å². The first-order valence-corrected chi connectivity index (χ1v) is 6.46. The third kappa shape index (κ3) is 3.08. The van der Waals surface area contributed by atoms with E-state index in [2.05, 4.69) is 0 Å². The predicted octanol–water partition coefficient (Wildman–Crippen LogP) is 5.12. The molecule has 0 atom stereocenters. The van der Waals surface area contributed by atoms with Gasteiger partial charge in [-0.1, -0.05) is 0 Å². The van der Waals surface area contributed by atoms with E-state index in [0.717, 1.165) is 0 Å². The molecule has 0 bridgehead atoms. The fourth-order valence-corrected chi connectivity index (χ4v) is 1.56. The molecule has 156 valence electrons. The van der Waals surface area contributed by atoms with Crippen LogP contribution in [0.4, 0.5) is 74.6 Å². The van der Waals surface area contributed by atoms with E-state index in [1.54, 1.807) is 0 Å². The molecule has 0 aromatic rings. The van der Waals surface area contributed by atoms with Gasteiger partial charge in [0.05, 0.1) is 0 Å². The van der Waals surface area contributed by atoms with Crippen molar-refractivity contribution >= 4 is 23.0 Å². The molecule has 0 spiro atoms. The van der Waals surface area contributed by atoms with Gasteiger partial charge in [-0.2, -0.15) is 0 Å². The van der Waals surface area contributed by atoms with E-state index in [0.29, 0.717) is 0 Å². The maximum absolute atomic E-state index is 12.9. The van der Waals surface area contributed by atoms with Crippen molar-refractivity contribution in [3.05, 3.63) is 0 Å². The van der Waals surface area contributed by atoms with E-state index in [4.69, 9.17) is 0 Å². The molecule has 0 unspecified atom stereocenters. The van der Waals surface area contributed by atoms with Crippen LogP contribution in [0, 0.1) is 0 Å². The van der Waals surface area contributed by atoms with Crippen LogP contribution in [0.3, 0.4) is 0 Å². The molecule has 0 heterocycles. The van der Waals surface area contributed by atoms with Crippen LogP contribution in [0.2, 0.25) is 0 Å². The fourth-order valence-electron chi connectivity index (χ4n) is 1.16. The van der Waals surface area contributed by atoms with E-state index < -0.39 is 68.6 Å². The monoisotopic (exact) mass is 540 g/mol. The summed E-state index contributed by atoms with van der Waals surface area (Å²) in [6.45, 7) is 0. The number of hydrogen-bond acceptors (Lipinski definition) is 0. The predicted molar refractivity (Wildman–Crippen MR) is 46.4 cm³/mol. The molecule has 0 aliphatic carbocycles. The van der Waals surface area contributed by atoms with Crippen LogP contribution < -0.4 is 0 Å². The van der Waals surface area contributed by atoms with E-state index in [9.17, 15) is 74.6 Å². The van der Waals surface area contributed by atoms with E-state index in [-0.39, 0.29) is 0 Å². The van der Waals surface area contributed by atoms with Gasteiger partial charge in [0.2, 0.25) is 0 Å². The first-order chi connectivity index (χ1) is 10.8. The Morgan fingerprint density at radius 1 is 0.308 bits per heavy atom. The molecule has 0 aromatic carbocycles. The molecular formula is C8F17Sb. The Kier molecular flexibility index (Phi) is 5.97. The Bertz CT molecular complexity index is 474. The number of rotatable bonds is 6. The van der Waals surface area contributed by atoms with Gasteiger partial charge in [-0.05, 0) is 0 Å². The number of hydrogen-bond donors (Lipinski definition) is 0. The van der Waals surface area contributed by atoms with Crippen LogP contribution in [-0.4, -0.2) is 68.6 Å². The summed E-state index contributed by atoms with van der Waals surface area (Å²) in [4.78, 5) is 0. The van der Waals surface area contributed by atoms with Gasteiger partial charge in [-0.3, -0.25) is 0 Å². The summed E-state index contributed by atoms with van der Waals surface area (Å²) in [6, 6.07) is 0. The standard InChI is InChI=1S/C8F17.Sb/c9-1(10)2(11,12)3(13,14)4(15,16)5(17,18)6(19,20)7(21,22)8(23,24)25;. The van der Waals surface area contributed by atoms with Crippen LogP contribution in [0.25, 0.3) is 0 Å². The molecule has 18 heteroatoms. The summed E-state index contributed by atoms with van der Waals surface area (Å²) in [7, 11) is 0. The van der Waals surface area contributed by atoms with Crippen LogP contribution in [0.5, 0.6) is 0 Å². The maximum atomic E-state index is 12.9. The van der Waals surface area contributed by atoms with E-state index in [1.165, 1.54) is 0 Å². The van der Waals surface area contributed by atoms with Gasteiger partial charge >= 0.3 is 143 Å². The second-order valence-corrected chi connectivity index (χ2v) is 6.09. The van der Waals surface area contributed by atoms with E-state index in [1.807, 2.05) is 0 Å². The molecule has 0 nitrogen and oxygen atoms in total. The number of halogens is 17. The Morgan fingerprint density at radius 3 is 0.692 bits per heavy atom. The van der Waals surface area contributed by atoms with Crippen LogP contribution in [0.1, 0.15) is 0 Å². The molecule has 0 fully saturated rings. The molecule has 0 amide bonds. The van der Waals surface area contributed by atoms with Crippen LogP contribution >= 0.6 is 0 Å². The minimum atomic E-state index is -8.55. The summed E-state index contributed by atoms with van der Waals surface area (Å²) in [6.07, 6.45) is -7.73. The van der Waals surface area contributed by atoms with Crippen molar-refractivity contribution in [3.8, 4) is 0 Å². The summed E-state index contributed by atoms with van der Waals surface area (Å²) in [5.74, 6) is -49.3. The second kappa shape index (κ2) is 6.06. The van der Waals surface area contributed by atoms with Gasteiger partial charge in [-0.15, -0.1) is 0 Å². The SMILES string of the molecule is FC(F)(F)C(F)(F)C(F)(F)C(F)(F)C(F)(F)C(F)(F)C(F)(F)[C](F)(F)[Sb]. The fraction of sp³-hybridized carbons (Fsp3) is 1.00. The topological polar surface area (TPSA) is 0 Å². The molecular weight excluding hydrogens is 541 g/mol. The van der Waals surface area contributed by atoms with Gasteiger partial charge in [0.15, 0.2) is 0 Å².